The summed E-state index contributed by atoms with van der Waals surface area (Å²) in [6, 6.07) is 11.1. The SMILES string of the molecule is CCCCCCCCCCCCOc1ccc(O)c(C=N[C@H]2CCCC[C@@H]2N=Cc2cc(C)ccc2O)c1. The fourth-order valence-corrected chi connectivity index (χ4v) is 5.07. The summed E-state index contributed by atoms with van der Waals surface area (Å²) in [5.74, 6) is 1.23. The van der Waals surface area contributed by atoms with Crippen LogP contribution in [0.15, 0.2) is 46.4 Å². The first-order chi connectivity index (χ1) is 18.6. The van der Waals surface area contributed by atoms with Crippen LogP contribution in [0.1, 0.15) is 114 Å². The van der Waals surface area contributed by atoms with Crippen molar-refractivity contribution in [3.63, 3.8) is 0 Å². The van der Waals surface area contributed by atoms with E-state index in [2.05, 4.69) is 6.92 Å². The summed E-state index contributed by atoms with van der Waals surface area (Å²) in [4.78, 5) is 9.63. The molecule has 38 heavy (non-hydrogen) atoms. The molecule has 0 aliphatic heterocycles. The maximum Gasteiger partial charge on any atom is 0.124 e. The molecule has 208 valence electrons. The molecular formula is C33H48N2O3. The van der Waals surface area contributed by atoms with Crippen molar-refractivity contribution in [1.29, 1.82) is 0 Å². The summed E-state index contributed by atoms with van der Waals surface area (Å²) in [5.41, 5.74) is 2.51. The molecule has 2 aromatic carbocycles. The molecule has 0 bridgehead atoms. The second-order valence-corrected chi connectivity index (χ2v) is 10.8. The van der Waals surface area contributed by atoms with Gasteiger partial charge in [0.1, 0.15) is 17.2 Å². The van der Waals surface area contributed by atoms with Gasteiger partial charge in [-0.15, -0.1) is 0 Å². The number of aromatic hydroxyl groups is 2. The van der Waals surface area contributed by atoms with Gasteiger partial charge in [-0.25, -0.2) is 0 Å². The topological polar surface area (TPSA) is 74.4 Å². The molecule has 5 heteroatoms. The zero-order valence-corrected chi connectivity index (χ0v) is 23.6. The molecule has 1 saturated carbocycles. The van der Waals surface area contributed by atoms with Crippen molar-refractivity contribution in [2.24, 2.45) is 9.98 Å². The summed E-state index contributed by atoms with van der Waals surface area (Å²) in [7, 11) is 0. The van der Waals surface area contributed by atoms with Crippen LogP contribution in [0.3, 0.4) is 0 Å². The molecule has 3 rings (SSSR count). The summed E-state index contributed by atoms with van der Waals surface area (Å²) < 4.78 is 5.98. The van der Waals surface area contributed by atoms with E-state index in [4.69, 9.17) is 14.7 Å². The lowest BCUT2D eigenvalue weighted by atomic mass is 9.91. The van der Waals surface area contributed by atoms with Crippen molar-refractivity contribution in [2.75, 3.05) is 6.61 Å². The molecule has 0 spiro atoms. The number of benzene rings is 2. The van der Waals surface area contributed by atoms with Crippen LogP contribution in [0.5, 0.6) is 17.2 Å². The predicted octanol–water partition coefficient (Wildman–Crippen LogP) is 8.56. The number of hydrogen-bond acceptors (Lipinski definition) is 5. The van der Waals surface area contributed by atoms with Crippen molar-refractivity contribution >= 4 is 12.4 Å². The average Bonchev–Trinajstić information content (AvgIpc) is 2.92. The number of hydrogen-bond donors (Lipinski definition) is 2. The Labute approximate surface area is 230 Å². The first kappa shape index (κ1) is 29.7. The molecule has 5 nitrogen and oxygen atoms in total. The van der Waals surface area contributed by atoms with Crippen LogP contribution in [0.25, 0.3) is 0 Å². The van der Waals surface area contributed by atoms with Crippen molar-refractivity contribution in [3.05, 3.63) is 53.1 Å². The number of ether oxygens (including phenoxy) is 1. The van der Waals surface area contributed by atoms with Gasteiger partial charge in [-0.3, -0.25) is 9.98 Å². The van der Waals surface area contributed by atoms with E-state index < -0.39 is 0 Å². The van der Waals surface area contributed by atoms with Crippen LogP contribution >= 0.6 is 0 Å². The Morgan fingerprint density at radius 2 is 1.26 bits per heavy atom. The maximum atomic E-state index is 10.4. The van der Waals surface area contributed by atoms with Gasteiger partial charge in [0.05, 0.1) is 18.7 Å². The third kappa shape index (κ3) is 10.5. The average molecular weight is 521 g/mol. The van der Waals surface area contributed by atoms with Gasteiger partial charge in [-0.1, -0.05) is 89.2 Å². The van der Waals surface area contributed by atoms with Crippen LogP contribution in [0.2, 0.25) is 0 Å². The number of phenolic OH excluding ortho intramolecular Hbond substituents is 2. The van der Waals surface area contributed by atoms with E-state index in [0.717, 1.165) is 49.0 Å². The summed E-state index contributed by atoms with van der Waals surface area (Å²) >= 11 is 0. The minimum Gasteiger partial charge on any atom is -0.507 e. The van der Waals surface area contributed by atoms with Crippen LogP contribution in [0, 0.1) is 6.92 Å². The van der Waals surface area contributed by atoms with Gasteiger partial charge in [0.15, 0.2) is 0 Å². The van der Waals surface area contributed by atoms with E-state index in [-0.39, 0.29) is 23.6 Å². The van der Waals surface area contributed by atoms with Crippen LogP contribution in [-0.4, -0.2) is 41.3 Å². The lowest BCUT2D eigenvalue weighted by Crippen LogP contribution is -2.27. The minimum absolute atomic E-state index is 0.0579. The van der Waals surface area contributed by atoms with Crippen molar-refractivity contribution in [1.82, 2.24) is 0 Å². The third-order valence-electron chi connectivity index (χ3n) is 7.45. The monoisotopic (exact) mass is 520 g/mol. The molecule has 2 N–H and O–H groups in total. The quantitative estimate of drug-likeness (QED) is 0.172. The van der Waals surface area contributed by atoms with E-state index in [0.29, 0.717) is 12.2 Å². The van der Waals surface area contributed by atoms with Crippen molar-refractivity contribution in [2.45, 2.75) is 116 Å². The highest BCUT2D eigenvalue weighted by Crippen LogP contribution is 2.27. The molecule has 0 saturated heterocycles. The van der Waals surface area contributed by atoms with Crippen LogP contribution in [-0.2, 0) is 0 Å². The molecule has 0 heterocycles. The van der Waals surface area contributed by atoms with E-state index in [9.17, 15) is 10.2 Å². The maximum absolute atomic E-state index is 10.4. The fraction of sp³-hybridized carbons (Fsp3) is 0.576. The zero-order chi connectivity index (χ0) is 27.0. The Hall–Kier alpha value is -2.82. The molecule has 1 aliphatic carbocycles. The highest BCUT2D eigenvalue weighted by atomic mass is 16.5. The summed E-state index contributed by atoms with van der Waals surface area (Å²) in [6.45, 7) is 4.97. The minimum atomic E-state index is 0.0579. The Morgan fingerprint density at radius 1 is 0.737 bits per heavy atom. The molecule has 0 aromatic heterocycles. The van der Waals surface area contributed by atoms with Gasteiger partial charge in [0.25, 0.3) is 0 Å². The lowest BCUT2D eigenvalue weighted by molar-refractivity contribution is 0.303. The van der Waals surface area contributed by atoms with Crippen molar-refractivity contribution < 1.29 is 14.9 Å². The van der Waals surface area contributed by atoms with Gasteiger partial charge in [-0.05, 0) is 56.5 Å². The summed E-state index contributed by atoms with van der Waals surface area (Å²) in [6.07, 6.45) is 20.8. The number of aryl methyl sites for hydroxylation is 1. The molecule has 0 radical (unpaired) electrons. The number of aliphatic imine (C=N–C) groups is 2. The normalized spacial score (nSPS) is 17.9. The Balaban J connectivity index is 1.46. The molecule has 1 fully saturated rings. The standard InChI is InChI=1S/C33H48N2O3/c1-3-4-5-6-7-8-9-10-11-14-21-38-29-18-20-33(37)28(23-29)25-35-31-16-13-12-15-30(31)34-24-27-22-26(2)17-19-32(27)36/h17-20,22-25,30-31,36-37H,3-16,21H2,1-2H3/t30-,31-/m0/s1. The Bertz CT molecular complexity index is 1020. The van der Waals surface area contributed by atoms with E-state index >= 15 is 0 Å². The van der Waals surface area contributed by atoms with Crippen LogP contribution < -0.4 is 4.74 Å². The van der Waals surface area contributed by atoms with Gasteiger partial charge in [-0.2, -0.15) is 0 Å². The lowest BCUT2D eigenvalue weighted by Gasteiger charge is -2.25. The largest absolute Gasteiger partial charge is 0.507 e. The van der Waals surface area contributed by atoms with Gasteiger partial charge in [0.2, 0.25) is 0 Å². The van der Waals surface area contributed by atoms with E-state index in [1.165, 1.54) is 57.8 Å². The summed E-state index contributed by atoms with van der Waals surface area (Å²) in [5, 5.41) is 20.5. The first-order valence-electron chi connectivity index (χ1n) is 14.9. The second kappa shape index (κ2) is 16.9. The molecule has 0 amide bonds. The molecule has 0 unspecified atom stereocenters. The zero-order valence-electron chi connectivity index (χ0n) is 23.6. The number of nitrogens with zero attached hydrogens (tertiary/aromatic N) is 2. The first-order valence-corrected chi connectivity index (χ1v) is 14.9. The molecule has 2 aromatic rings. The second-order valence-electron chi connectivity index (χ2n) is 10.8. The Kier molecular flexibility index (Phi) is 13.2. The van der Waals surface area contributed by atoms with Crippen LogP contribution in [0.4, 0.5) is 0 Å². The third-order valence-corrected chi connectivity index (χ3v) is 7.45. The number of rotatable bonds is 16. The predicted molar refractivity (Wildman–Crippen MR) is 160 cm³/mol. The highest BCUT2D eigenvalue weighted by Gasteiger charge is 2.23. The molecule has 1 aliphatic rings. The van der Waals surface area contributed by atoms with E-state index in [1.54, 1.807) is 24.6 Å². The number of phenols is 2. The molecular weight excluding hydrogens is 472 g/mol. The highest BCUT2D eigenvalue weighted by molar-refractivity contribution is 5.85. The van der Waals surface area contributed by atoms with Gasteiger partial charge >= 0.3 is 0 Å². The number of unbranched alkanes of at least 4 members (excludes halogenated alkanes) is 9. The van der Waals surface area contributed by atoms with Gasteiger partial charge in [0, 0.05) is 23.6 Å². The fourth-order valence-electron chi connectivity index (χ4n) is 5.07. The van der Waals surface area contributed by atoms with Gasteiger partial charge < -0.3 is 14.9 Å². The Morgan fingerprint density at radius 3 is 1.87 bits per heavy atom. The smallest absolute Gasteiger partial charge is 0.124 e. The van der Waals surface area contributed by atoms with Crippen molar-refractivity contribution in [3.8, 4) is 17.2 Å². The van der Waals surface area contributed by atoms with E-state index in [1.807, 2.05) is 31.2 Å². The molecule has 2 atom stereocenters.